The maximum Gasteiger partial charge on any atom is 0.410 e. The Labute approximate surface area is 151 Å². The summed E-state index contributed by atoms with van der Waals surface area (Å²) in [6.07, 6.45) is 2.48. The summed E-state index contributed by atoms with van der Waals surface area (Å²) in [6, 6.07) is 0.106. The van der Waals surface area contributed by atoms with Crippen LogP contribution in [0.1, 0.15) is 44.1 Å². The number of nitrogens with one attached hydrogen (secondary N) is 1. The van der Waals surface area contributed by atoms with Gasteiger partial charge in [-0.3, -0.25) is 0 Å². The molecule has 138 valence electrons. The minimum atomic E-state index is -0.591. The van der Waals surface area contributed by atoms with Gasteiger partial charge in [0.15, 0.2) is 16.7 Å². The van der Waals surface area contributed by atoms with Crippen molar-refractivity contribution in [1.29, 1.82) is 0 Å². The lowest BCUT2D eigenvalue weighted by molar-refractivity contribution is 0.0210. The van der Waals surface area contributed by atoms with E-state index >= 15 is 0 Å². The minimum absolute atomic E-state index is 0.0535. The number of piperidine rings is 1. The first kappa shape index (κ1) is 19.2. The third kappa shape index (κ3) is 5.45. The van der Waals surface area contributed by atoms with Gasteiger partial charge in [0, 0.05) is 19.1 Å². The summed E-state index contributed by atoms with van der Waals surface area (Å²) in [7, 11) is 1.27. The van der Waals surface area contributed by atoms with Crippen molar-refractivity contribution in [3.05, 3.63) is 17.0 Å². The van der Waals surface area contributed by atoms with Gasteiger partial charge in [-0.2, -0.15) is 0 Å². The highest BCUT2D eigenvalue weighted by Gasteiger charge is 2.27. The van der Waals surface area contributed by atoms with Crippen molar-refractivity contribution in [2.75, 3.05) is 25.5 Å². The van der Waals surface area contributed by atoms with E-state index in [2.05, 4.69) is 20.0 Å². The fourth-order valence-electron chi connectivity index (χ4n) is 2.39. The number of hydrogen-bond donors (Lipinski definition) is 1. The maximum absolute atomic E-state index is 12.1. The first-order chi connectivity index (χ1) is 11.7. The van der Waals surface area contributed by atoms with Crippen molar-refractivity contribution in [2.45, 2.75) is 45.3 Å². The number of methoxy groups -OCH3 is 1. The first-order valence-corrected chi connectivity index (χ1v) is 8.42. The predicted molar refractivity (Wildman–Crippen MR) is 92.8 cm³/mol. The van der Waals surface area contributed by atoms with Crippen LogP contribution in [0.4, 0.5) is 10.6 Å². The lowest BCUT2D eigenvalue weighted by atomic mass is 10.1. The highest BCUT2D eigenvalue weighted by molar-refractivity contribution is 6.31. The summed E-state index contributed by atoms with van der Waals surface area (Å²) in [4.78, 5) is 33.3. The Kier molecular flexibility index (Phi) is 6.05. The standard InChI is InChI=1S/C16H23ClN4O4/c1-16(2,3)25-15(23)21-7-5-10(6-8-21)19-13-12(17)20-11(9-18-13)14(22)24-4/h9-10H,5-8H2,1-4H3,(H,18,19). The van der Waals surface area contributed by atoms with Crippen molar-refractivity contribution in [2.24, 2.45) is 0 Å². The van der Waals surface area contributed by atoms with Crippen LogP contribution in [-0.2, 0) is 9.47 Å². The molecule has 1 N–H and O–H groups in total. The van der Waals surface area contributed by atoms with Gasteiger partial charge in [-0.15, -0.1) is 0 Å². The zero-order chi connectivity index (χ0) is 18.6. The van der Waals surface area contributed by atoms with Crippen LogP contribution in [0.15, 0.2) is 6.20 Å². The summed E-state index contributed by atoms with van der Waals surface area (Å²) >= 11 is 6.07. The van der Waals surface area contributed by atoms with Gasteiger partial charge in [0.25, 0.3) is 0 Å². The molecular formula is C16H23ClN4O4. The normalized spacial score (nSPS) is 15.6. The lowest BCUT2D eigenvalue weighted by Gasteiger charge is -2.33. The number of ether oxygens (including phenoxy) is 2. The topological polar surface area (TPSA) is 93.7 Å². The third-order valence-electron chi connectivity index (χ3n) is 3.61. The quantitative estimate of drug-likeness (QED) is 0.817. The van der Waals surface area contributed by atoms with E-state index in [0.29, 0.717) is 18.9 Å². The van der Waals surface area contributed by atoms with Crippen LogP contribution in [0.25, 0.3) is 0 Å². The molecule has 2 heterocycles. The summed E-state index contributed by atoms with van der Waals surface area (Å²) in [5.41, 5.74) is -0.450. The number of nitrogens with zero attached hydrogens (tertiary/aromatic N) is 3. The first-order valence-electron chi connectivity index (χ1n) is 8.05. The molecule has 1 aromatic heterocycles. The predicted octanol–water partition coefficient (Wildman–Crippen LogP) is 2.73. The van der Waals surface area contributed by atoms with E-state index in [-0.39, 0.29) is 23.0 Å². The van der Waals surface area contributed by atoms with E-state index in [9.17, 15) is 9.59 Å². The van der Waals surface area contributed by atoms with Crippen molar-refractivity contribution < 1.29 is 19.1 Å². The van der Waals surface area contributed by atoms with Crippen LogP contribution >= 0.6 is 11.6 Å². The van der Waals surface area contributed by atoms with E-state index in [1.807, 2.05) is 20.8 Å². The van der Waals surface area contributed by atoms with Crippen LogP contribution < -0.4 is 5.32 Å². The molecule has 0 spiro atoms. The van der Waals surface area contributed by atoms with Gasteiger partial charge in [0.2, 0.25) is 0 Å². The van der Waals surface area contributed by atoms with Crippen LogP contribution in [0.2, 0.25) is 5.15 Å². The molecule has 9 heteroatoms. The van der Waals surface area contributed by atoms with Gasteiger partial charge < -0.3 is 19.7 Å². The number of hydrogen-bond acceptors (Lipinski definition) is 7. The summed E-state index contributed by atoms with van der Waals surface area (Å²) in [5, 5.41) is 3.31. The van der Waals surface area contributed by atoms with Crippen LogP contribution in [-0.4, -0.2) is 58.8 Å². The molecule has 0 aliphatic carbocycles. The number of anilines is 1. The van der Waals surface area contributed by atoms with Gasteiger partial charge in [0.05, 0.1) is 13.3 Å². The second-order valence-corrected chi connectivity index (χ2v) is 7.13. The van der Waals surface area contributed by atoms with E-state index in [4.69, 9.17) is 16.3 Å². The van der Waals surface area contributed by atoms with Gasteiger partial charge in [-0.05, 0) is 33.6 Å². The second kappa shape index (κ2) is 7.86. The number of carbonyl (C=O) groups excluding carboxylic acids is 2. The van der Waals surface area contributed by atoms with E-state index in [0.717, 1.165) is 12.8 Å². The molecule has 1 aromatic rings. The number of esters is 1. The number of carbonyl (C=O) groups is 2. The van der Waals surface area contributed by atoms with E-state index in [1.54, 1.807) is 4.90 Å². The average Bonchev–Trinajstić information content (AvgIpc) is 2.55. The Balaban J connectivity index is 1.90. The van der Waals surface area contributed by atoms with Crippen molar-refractivity contribution >= 4 is 29.5 Å². The maximum atomic E-state index is 12.1. The average molecular weight is 371 g/mol. The van der Waals surface area contributed by atoms with E-state index in [1.165, 1.54) is 13.3 Å². The molecule has 0 unspecified atom stereocenters. The molecule has 1 saturated heterocycles. The molecule has 8 nitrogen and oxygen atoms in total. The lowest BCUT2D eigenvalue weighted by Crippen LogP contribution is -2.44. The molecule has 1 amide bonds. The Morgan fingerprint density at radius 3 is 2.48 bits per heavy atom. The fourth-order valence-corrected chi connectivity index (χ4v) is 2.59. The highest BCUT2D eigenvalue weighted by atomic mass is 35.5. The van der Waals surface area contributed by atoms with Crippen LogP contribution in [0.3, 0.4) is 0 Å². The molecule has 0 bridgehead atoms. The van der Waals surface area contributed by atoms with Gasteiger partial charge in [0.1, 0.15) is 5.60 Å². The highest BCUT2D eigenvalue weighted by Crippen LogP contribution is 2.22. The molecule has 1 aliphatic rings. The van der Waals surface area contributed by atoms with Gasteiger partial charge in [-0.1, -0.05) is 11.6 Å². The summed E-state index contributed by atoms with van der Waals surface area (Å²) in [6.45, 7) is 6.70. The second-order valence-electron chi connectivity index (χ2n) is 6.77. The number of amides is 1. The molecule has 0 aromatic carbocycles. The minimum Gasteiger partial charge on any atom is -0.464 e. The molecular weight excluding hydrogens is 348 g/mol. The van der Waals surface area contributed by atoms with Crippen molar-refractivity contribution in [1.82, 2.24) is 14.9 Å². The molecule has 25 heavy (non-hydrogen) atoms. The smallest absolute Gasteiger partial charge is 0.410 e. The molecule has 2 rings (SSSR count). The Morgan fingerprint density at radius 1 is 1.32 bits per heavy atom. The number of rotatable bonds is 3. The Bertz CT molecular complexity index is 640. The molecule has 0 atom stereocenters. The number of aromatic nitrogens is 2. The number of likely N-dealkylation sites (tertiary alicyclic amines) is 1. The zero-order valence-electron chi connectivity index (χ0n) is 14.8. The Hall–Kier alpha value is -2.09. The largest absolute Gasteiger partial charge is 0.464 e. The fraction of sp³-hybridized carbons (Fsp3) is 0.625. The summed E-state index contributed by atoms with van der Waals surface area (Å²) < 4.78 is 9.96. The van der Waals surface area contributed by atoms with E-state index < -0.39 is 11.6 Å². The van der Waals surface area contributed by atoms with Crippen molar-refractivity contribution in [3.63, 3.8) is 0 Å². The zero-order valence-corrected chi connectivity index (χ0v) is 15.6. The van der Waals surface area contributed by atoms with Gasteiger partial charge in [-0.25, -0.2) is 19.6 Å². The molecule has 0 radical (unpaired) electrons. The monoisotopic (exact) mass is 370 g/mol. The Morgan fingerprint density at radius 2 is 1.96 bits per heavy atom. The van der Waals surface area contributed by atoms with Crippen LogP contribution in [0.5, 0.6) is 0 Å². The molecule has 0 saturated carbocycles. The molecule has 1 fully saturated rings. The van der Waals surface area contributed by atoms with Crippen molar-refractivity contribution in [3.8, 4) is 0 Å². The van der Waals surface area contributed by atoms with Gasteiger partial charge >= 0.3 is 12.1 Å². The number of halogens is 1. The SMILES string of the molecule is COC(=O)c1cnc(NC2CCN(C(=O)OC(C)(C)C)CC2)c(Cl)n1. The third-order valence-corrected chi connectivity index (χ3v) is 3.88. The molecule has 1 aliphatic heterocycles. The van der Waals surface area contributed by atoms with Crippen LogP contribution in [0, 0.1) is 0 Å². The summed E-state index contributed by atoms with van der Waals surface area (Å²) in [5.74, 6) is -0.184.